The first-order valence-electron chi connectivity index (χ1n) is 3.94. The molecule has 1 aromatic carbocycles. The second kappa shape index (κ2) is 3.85. The Morgan fingerprint density at radius 3 is 2.25 bits per heavy atom. The molecule has 8 heteroatoms. The van der Waals surface area contributed by atoms with Crippen molar-refractivity contribution in [1.29, 1.82) is 0 Å². The molecule has 0 aliphatic rings. The molecule has 16 heavy (non-hydrogen) atoms. The fraction of sp³-hybridized carbons (Fsp3) is 0.250. The van der Waals surface area contributed by atoms with Crippen molar-refractivity contribution in [3.63, 3.8) is 0 Å². The number of halogens is 3. The van der Waals surface area contributed by atoms with E-state index in [1.54, 1.807) is 0 Å². The molecule has 0 unspecified atom stereocenters. The molecule has 0 aromatic heterocycles. The quantitative estimate of drug-likeness (QED) is 0.814. The van der Waals surface area contributed by atoms with Crippen LogP contribution < -0.4 is 10.5 Å². The molecule has 0 radical (unpaired) electrons. The maximum Gasteiger partial charge on any atom is 0.501 e. The maximum atomic E-state index is 12.2. The predicted molar refractivity (Wildman–Crippen MR) is 50.6 cm³/mol. The van der Waals surface area contributed by atoms with E-state index in [0.717, 1.165) is 12.1 Å². The first kappa shape index (κ1) is 12.6. The highest BCUT2D eigenvalue weighted by molar-refractivity contribution is 7.92. The zero-order valence-electron chi connectivity index (χ0n) is 8.08. The molecule has 4 nitrogen and oxygen atoms in total. The molecule has 0 aliphatic carbocycles. The lowest BCUT2D eigenvalue weighted by atomic mass is 10.3. The molecule has 0 aliphatic heterocycles. The summed E-state index contributed by atoms with van der Waals surface area (Å²) in [7, 11) is -4.20. The van der Waals surface area contributed by atoms with Crippen LogP contribution in [0.25, 0.3) is 0 Å². The third-order valence-corrected chi connectivity index (χ3v) is 3.22. The van der Waals surface area contributed by atoms with Crippen LogP contribution in [0.2, 0.25) is 0 Å². The smallest absolute Gasteiger partial charge is 0.497 e. The van der Waals surface area contributed by atoms with E-state index in [9.17, 15) is 21.6 Å². The van der Waals surface area contributed by atoms with Crippen LogP contribution in [0.4, 0.5) is 18.9 Å². The molecule has 1 aromatic rings. The maximum absolute atomic E-state index is 12.2. The van der Waals surface area contributed by atoms with Gasteiger partial charge in [-0.2, -0.15) is 13.2 Å². The van der Waals surface area contributed by atoms with Crippen molar-refractivity contribution in [1.82, 2.24) is 0 Å². The van der Waals surface area contributed by atoms with Crippen LogP contribution in [0.5, 0.6) is 5.75 Å². The minimum Gasteiger partial charge on any atom is -0.497 e. The summed E-state index contributed by atoms with van der Waals surface area (Å²) < 4.78 is 63.4. The molecule has 0 atom stereocenters. The number of anilines is 1. The molecular formula is C8H8F3NO3S. The lowest BCUT2D eigenvalue weighted by Gasteiger charge is -2.10. The number of rotatable bonds is 2. The summed E-state index contributed by atoms with van der Waals surface area (Å²) in [6.07, 6.45) is 0. The second-order valence-electron chi connectivity index (χ2n) is 2.89. The molecule has 90 valence electrons. The Balaban J connectivity index is 3.40. The van der Waals surface area contributed by atoms with Gasteiger partial charge in [-0.3, -0.25) is 0 Å². The molecule has 0 saturated carbocycles. The van der Waals surface area contributed by atoms with Crippen molar-refractivity contribution in [2.24, 2.45) is 0 Å². The van der Waals surface area contributed by atoms with Crippen LogP contribution in [0.15, 0.2) is 23.1 Å². The Labute approximate surface area is 89.7 Å². The van der Waals surface area contributed by atoms with Gasteiger partial charge in [0.15, 0.2) is 0 Å². The van der Waals surface area contributed by atoms with E-state index in [2.05, 4.69) is 4.74 Å². The van der Waals surface area contributed by atoms with E-state index < -0.39 is 20.2 Å². The van der Waals surface area contributed by atoms with Gasteiger partial charge in [-0.25, -0.2) is 8.42 Å². The Kier molecular flexibility index (Phi) is 3.04. The van der Waals surface area contributed by atoms with Crippen molar-refractivity contribution < 1.29 is 26.3 Å². The minimum atomic E-state index is -5.39. The summed E-state index contributed by atoms with van der Waals surface area (Å²) in [5.74, 6) is -0.0529. The van der Waals surface area contributed by atoms with Gasteiger partial charge >= 0.3 is 5.51 Å². The van der Waals surface area contributed by atoms with Crippen LogP contribution in [-0.2, 0) is 9.84 Å². The number of nitrogen functional groups attached to an aromatic ring is 1. The Morgan fingerprint density at radius 2 is 1.81 bits per heavy atom. The predicted octanol–water partition coefficient (Wildman–Crippen LogP) is 1.57. The number of benzene rings is 1. The number of alkyl halides is 3. The van der Waals surface area contributed by atoms with Crippen LogP contribution >= 0.6 is 0 Å². The highest BCUT2D eigenvalue weighted by atomic mass is 32.2. The van der Waals surface area contributed by atoms with Crippen molar-refractivity contribution in [3.8, 4) is 5.75 Å². The summed E-state index contributed by atoms with van der Waals surface area (Å²) in [5.41, 5.74) is -0.215. The normalized spacial score (nSPS) is 12.5. The van der Waals surface area contributed by atoms with E-state index >= 15 is 0 Å². The molecule has 2 N–H and O–H groups in total. The number of hydrogen-bond acceptors (Lipinski definition) is 4. The summed E-state index contributed by atoms with van der Waals surface area (Å²) in [4.78, 5) is -0.933. The van der Waals surface area contributed by atoms with Crippen LogP contribution in [0, 0.1) is 0 Å². The van der Waals surface area contributed by atoms with Crippen molar-refractivity contribution in [2.45, 2.75) is 10.4 Å². The average Bonchev–Trinajstić information content (AvgIpc) is 2.15. The van der Waals surface area contributed by atoms with Gasteiger partial charge in [0.05, 0.1) is 12.0 Å². The van der Waals surface area contributed by atoms with E-state index in [4.69, 9.17) is 5.73 Å². The first-order chi connectivity index (χ1) is 7.18. The number of methoxy groups -OCH3 is 1. The molecular weight excluding hydrogens is 247 g/mol. The summed E-state index contributed by atoms with van der Waals surface area (Å²) >= 11 is 0. The summed E-state index contributed by atoms with van der Waals surface area (Å²) in [6.45, 7) is 0. The lowest BCUT2D eigenvalue weighted by molar-refractivity contribution is -0.0436. The third-order valence-electron chi connectivity index (χ3n) is 1.75. The van der Waals surface area contributed by atoms with E-state index in [0.29, 0.717) is 0 Å². The van der Waals surface area contributed by atoms with Crippen LogP contribution in [-0.4, -0.2) is 21.0 Å². The number of nitrogens with two attached hydrogens (primary N) is 1. The fourth-order valence-corrected chi connectivity index (χ4v) is 1.83. The van der Waals surface area contributed by atoms with Crippen molar-refractivity contribution >= 4 is 15.5 Å². The number of hydrogen-bond donors (Lipinski definition) is 1. The highest BCUT2D eigenvalue weighted by Crippen LogP contribution is 2.33. The molecule has 1 rings (SSSR count). The van der Waals surface area contributed by atoms with Gasteiger partial charge in [-0.15, -0.1) is 0 Å². The zero-order valence-corrected chi connectivity index (χ0v) is 8.89. The third kappa shape index (κ3) is 2.21. The largest absolute Gasteiger partial charge is 0.501 e. The average molecular weight is 255 g/mol. The molecule has 0 bridgehead atoms. The van der Waals surface area contributed by atoms with Crippen LogP contribution in [0.3, 0.4) is 0 Å². The summed E-state index contributed by atoms with van der Waals surface area (Å²) in [6, 6.07) is 2.71. The number of ether oxygens (including phenoxy) is 1. The van der Waals surface area contributed by atoms with Gasteiger partial charge in [-0.05, 0) is 12.1 Å². The topological polar surface area (TPSA) is 69.4 Å². The first-order valence-corrected chi connectivity index (χ1v) is 5.42. The van der Waals surface area contributed by atoms with Gasteiger partial charge in [0.1, 0.15) is 5.75 Å². The van der Waals surface area contributed by atoms with Gasteiger partial charge in [-0.1, -0.05) is 0 Å². The van der Waals surface area contributed by atoms with E-state index in [-0.39, 0.29) is 11.4 Å². The molecule has 0 fully saturated rings. The van der Waals surface area contributed by atoms with Gasteiger partial charge in [0.25, 0.3) is 9.84 Å². The lowest BCUT2D eigenvalue weighted by Crippen LogP contribution is -2.23. The fourth-order valence-electron chi connectivity index (χ4n) is 1.00. The standard InChI is InChI=1S/C8H8F3NO3S/c1-15-6-2-5(12)3-7(4-6)16(13,14)8(9,10)11/h2-4H,12H2,1H3. The van der Waals surface area contributed by atoms with Gasteiger partial charge in [0.2, 0.25) is 0 Å². The van der Waals surface area contributed by atoms with Gasteiger partial charge in [0, 0.05) is 11.8 Å². The van der Waals surface area contributed by atoms with Crippen molar-refractivity contribution in [2.75, 3.05) is 12.8 Å². The molecule has 0 saturated heterocycles. The molecule has 0 amide bonds. The van der Waals surface area contributed by atoms with Gasteiger partial charge < -0.3 is 10.5 Å². The van der Waals surface area contributed by atoms with E-state index in [1.807, 2.05) is 0 Å². The SMILES string of the molecule is COc1cc(N)cc(S(=O)(=O)C(F)(F)F)c1. The van der Waals surface area contributed by atoms with Crippen molar-refractivity contribution in [3.05, 3.63) is 18.2 Å². The summed E-state index contributed by atoms with van der Waals surface area (Å²) in [5, 5.41) is 0. The monoisotopic (exact) mass is 255 g/mol. The van der Waals surface area contributed by atoms with E-state index in [1.165, 1.54) is 13.2 Å². The second-order valence-corrected chi connectivity index (χ2v) is 4.83. The Bertz CT molecular complexity index is 496. The minimum absolute atomic E-state index is 0.0529. The molecule has 0 heterocycles. The van der Waals surface area contributed by atoms with Crippen LogP contribution in [0.1, 0.15) is 0 Å². The molecule has 0 spiro atoms. The Hall–Kier alpha value is -1.44. The Morgan fingerprint density at radius 1 is 1.25 bits per heavy atom. The highest BCUT2D eigenvalue weighted by Gasteiger charge is 2.47. The number of sulfone groups is 1. The zero-order chi connectivity index (χ0) is 12.6.